The second-order valence-corrected chi connectivity index (χ2v) is 7.27. The molecule has 136 valence electrons. The van der Waals surface area contributed by atoms with Crippen molar-refractivity contribution in [2.24, 2.45) is 0 Å². The average Bonchev–Trinajstić information content (AvgIpc) is 2.60. The van der Waals surface area contributed by atoms with Gasteiger partial charge >= 0.3 is 0 Å². The number of rotatable bonds is 10. The van der Waals surface area contributed by atoms with Crippen molar-refractivity contribution in [3.8, 4) is 11.5 Å². The molecule has 0 amide bonds. The molecule has 0 saturated heterocycles. The Morgan fingerprint density at radius 1 is 0.880 bits per heavy atom. The molecular formula is C21H29NO2S. The number of nitrogens with two attached hydrogens (primary N) is 1. The minimum atomic E-state index is 0.635. The third-order valence-corrected chi connectivity index (χ3v) is 4.88. The van der Waals surface area contributed by atoms with Crippen LogP contribution in [-0.4, -0.2) is 13.2 Å². The third-order valence-electron chi connectivity index (χ3n) is 3.84. The lowest BCUT2D eigenvalue weighted by Gasteiger charge is -2.16. The molecule has 0 aromatic heterocycles. The van der Waals surface area contributed by atoms with Crippen LogP contribution in [-0.2, 0) is 0 Å². The summed E-state index contributed by atoms with van der Waals surface area (Å²) in [6.45, 7) is 7.79. The zero-order valence-electron chi connectivity index (χ0n) is 15.5. The number of ether oxygens (including phenoxy) is 2. The van der Waals surface area contributed by atoms with E-state index in [2.05, 4.69) is 45.0 Å². The lowest BCUT2D eigenvalue weighted by Crippen LogP contribution is -2.03. The molecule has 4 heteroatoms. The van der Waals surface area contributed by atoms with E-state index in [1.165, 1.54) is 10.5 Å². The number of anilines is 1. The third kappa shape index (κ3) is 6.20. The predicted octanol–water partition coefficient (Wildman–Crippen LogP) is 6.09. The van der Waals surface area contributed by atoms with Gasteiger partial charge in [-0.1, -0.05) is 56.1 Å². The van der Waals surface area contributed by atoms with Crippen molar-refractivity contribution in [3.05, 3.63) is 42.0 Å². The minimum absolute atomic E-state index is 0.635. The number of hydrogen-bond donors (Lipinski definition) is 1. The van der Waals surface area contributed by atoms with Crippen LogP contribution in [0.4, 0.5) is 5.69 Å². The Labute approximate surface area is 155 Å². The van der Waals surface area contributed by atoms with Crippen LogP contribution < -0.4 is 15.2 Å². The van der Waals surface area contributed by atoms with E-state index in [4.69, 9.17) is 15.2 Å². The summed E-state index contributed by atoms with van der Waals surface area (Å²) in [7, 11) is 0. The van der Waals surface area contributed by atoms with E-state index in [9.17, 15) is 0 Å². The van der Waals surface area contributed by atoms with Gasteiger partial charge in [-0.3, -0.25) is 0 Å². The number of aryl methyl sites for hydroxylation is 1. The molecule has 0 saturated carbocycles. The molecule has 0 radical (unpaired) electrons. The zero-order valence-corrected chi connectivity index (χ0v) is 16.3. The highest BCUT2D eigenvalue weighted by molar-refractivity contribution is 7.99. The lowest BCUT2D eigenvalue weighted by molar-refractivity contribution is 0.296. The van der Waals surface area contributed by atoms with E-state index in [-0.39, 0.29) is 0 Å². The van der Waals surface area contributed by atoms with Gasteiger partial charge in [0.05, 0.1) is 23.8 Å². The number of nitrogen functional groups attached to an aromatic ring is 1. The first-order valence-corrected chi connectivity index (χ1v) is 9.89. The Bertz CT molecular complexity index is 656. The Balaban J connectivity index is 2.23. The minimum Gasteiger partial charge on any atom is -0.492 e. The van der Waals surface area contributed by atoms with Crippen LogP contribution in [0.25, 0.3) is 0 Å². The van der Waals surface area contributed by atoms with Gasteiger partial charge in [0, 0.05) is 11.0 Å². The molecule has 25 heavy (non-hydrogen) atoms. The molecule has 0 aliphatic rings. The van der Waals surface area contributed by atoms with Crippen molar-refractivity contribution < 1.29 is 9.47 Å². The topological polar surface area (TPSA) is 44.5 Å². The van der Waals surface area contributed by atoms with Gasteiger partial charge in [-0.15, -0.1) is 0 Å². The summed E-state index contributed by atoms with van der Waals surface area (Å²) in [5.74, 6) is 1.57. The fraction of sp³-hybridized carbons (Fsp3) is 0.429. The standard InChI is InChI=1S/C21H29NO2S/c1-4-6-12-23-19-15-21(25-17-10-8-16(3)9-11-17)20(14-18(19)22)24-13-7-5-2/h8-11,14-15H,4-7,12-13,22H2,1-3H3. The Kier molecular flexibility index (Phi) is 7.99. The number of hydrogen-bond acceptors (Lipinski definition) is 4. The summed E-state index contributed by atoms with van der Waals surface area (Å²) in [4.78, 5) is 2.22. The van der Waals surface area contributed by atoms with E-state index in [1.807, 2.05) is 12.1 Å². The zero-order chi connectivity index (χ0) is 18.1. The molecule has 2 aromatic carbocycles. The highest BCUT2D eigenvalue weighted by Crippen LogP contribution is 2.40. The SMILES string of the molecule is CCCCOc1cc(Sc2ccc(C)cc2)c(OCCCC)cc1N. The summed E-state index contributed by atoms with van der Waals surface area (Å²) >= 11 is 1.68. The Hall–Kier alpha value is -1.81. The largest absolute Gasteiger partial charge is 0.492 e. The molecule has 2 rings (SSSR count). The molecule has 0 aliphatic carbocycles. The second kappa shape index (κ2) is 10.2. The van der Waals surface area contributed by atoms with Crippen molar-refractivity contribution in [2.45, 2.75) is 56.2 Å². The van der Waals surface area contributed by atoms with Crippen molar-refractivity contribution >= 4 is 17.4 Å². The lowest BCUT2D eigenvalue weighted by atomic mass is 10.2. The van der Waals surface area contributed by atoms with Crippen LogP contribution in [0.1, 0.15) is 45.1 Å². The maximum absolute atomic E-state index is 6.18. The second-order valence-electron chi connectivity index (χ2n) is 6.16. The first kappa shape index (κ1) is 19.5. The summed E-state index contributed by atoms with van der Waals surface area (Å²) < 4.78 is 11.8. The summed E-state index contributed by atoms with van der Waals surface area (Å²) in [6, 6.07) is 12.4. The van der Waals surface area contributed by atoms with E-state index >= 15 is 0 Å². The molecule has 0 fully saturated rings. The molecular weight excluding hydrogens is 330 g/mol. The van der Waals surface area contributed by atoms with Crippen LogP contribution in [0.3, 0.4) is 0 Å². The summed E-state index contributed by atoms with van der Waals surface area (Å²) in [5, 5.41) is 0. The van der Waals surface area contributed by atoms with Gasteiger partial charge in [-0.2, -0.15) is 0 Å². The number of benzene rings is 2. The first-order chi connectivity index (χ1) is 12.1. The summed E-state index contributed by atoms with van der Waals surface area (Å²) in [5.41, 5.74) is 8.07. The van der Waals surface area contributed by atoms with E-state index in [0.717, 1.165) is 42.1 Å². The van der Waals surface area contributed by atoms with Crippen LogP contribution in [0, 0.1) is 6.92 Å². The van der Waals surface area contributed by atoms with Gasteiger partial charge in [-0.25, -0.2) is 0 Å². The normalized spacial score (nSPS) is 10.7. The van der Waals surface area contributed by atoms with Gasteiger partial charge in [0.2, 0.25) is 0 Å². The fourth-order valence-corrected chi connectivity index (χ4v) is 3.17. The summed E-state index contributed by atoms with van der Waals surface area (Å²) in [6.07, 6.45) is 4.26. The maximum atomic E-state index is 6.18. The molecule has 2 N–H and O–H groups in total. The van der Waals surface area contributed by atoms with Crippen molar-refractivity contribution in [3.63, 3.8) is 0 Å². The average molecular weight is 360 g/mol. The van der Waals surface area contributed by atoms with Crippen molar-refractivity contribution in [1.29, 1.82) is 0 Å². The van der Waals surface area contributed by atoms with Gasteiger partial charge < -0.3 is 15.2 Å². The molecule has 3 nitrogen and oxygen atoms in total. The van der Waals surface area contributed by atoms with Crippen LogP contribution >= 0.6 is 11.8 Å². The van der Waals surface area contributed by atoms with E-state index < -0.39 is 0 Å². The molecule has 0 heterocycles. The quantitative estimate of drug-likeness (QED) is 0.412. The first-order valence-electron chi connectivity index (χ1n) is 9.07. The van der Waals surface area contributed by atoms with Gasteiger partial charge in [0.1, 0.15) is 11.5 Å². The molecule has 0 spiro atoms. The molecule has 2 aromatic rings. The Morgan fingerprint density at radius 2 is 1.48 bits per heavy atom. The maximum Gasteiger partial charge on any atom is 0.143 e. The molecule has 0 unspecified atom stereocenters. The van der Waals surface area contributed by atoms with Gasteiger partial charge in [0.15, 0.2) is 0 Å². The molecule has 0 bridgehead atoms. The predicted molar refractivity (Wildman–Crippen MR) is 107 cm³/mol. The number of unbranched alkanes of at least 4 members (excludes halogenated alkanes) is 2. The van der Waals surface area contributed by atoms with Crippen molar-refractivity contribution in [1.82, 2.24) is 0 Å². The highest BCUT2D eigenvalue weighted by atomic mass is 32.2. The monoisotopic (exact) mass is 359 g/mol. The smallest absolute Gasteiger partial charge is 0.143 e. The highest BCUT2D eigenvalue weighted by Gasteiger charge is 2.12. The van der Waals surface area contributed by atoms with Crippen molar-refractivity contribution in [2.75, 3.05) is 18.9 Å². The van der Waals surface area contributed by atoms with Crippen LogP contribution in [0.5, 0.6) is 11.5 Å². The fourth-order valence-electron chi connectivity index (χ4n) is 2.26. The van der Waals surface area contributed by atoms with Crippen LogP contribution in [0.15, 0.2) is 46.2 Å². The van der Waals surface area contributed by atoms with Gasteiger partial charge in [-0.05, 0) is 38.0 Å². The molecule has 0 atom stereocenters. The van der Waals surface area contributed by atoms with Crippen LogP contribution in [0.2, 0.25) is 0 Å². The van der Waals surface area contributed by atoms with Gasteiger partial charge in [0.25, 0.3) is 0 Å². The molecule has 0 aliphatic heterocycles. The van der Waals surface area contributed by atoms with E-state index in [0.29, 0.717) is 18.9 Å². The Morgan fingerprint density at radius 3 is 2.08 bits per heavy atom. The van der Waals surface area contributed by atoms with E-state index in [1.54, 1.807) is 11.8 Å².